The van der Waals surface area contributed by atoms with Crippen LogP contribution in [0.1, 0.15) is 31.0 Å². The van der Waals surface area contributed by atoms with Gasteiger partial charge in [-0.05, 0) is 30.6 Å². The Balaban J connectivity index is 0.00000364. The SMILES string of the molecule is CCN(CC)C(CNC(=NC)NCCc1cnn(C)c1)c1ccccc1.I. The molecule has 6 nitrogen and oxygen atoms in total. The highest BCUT2D eigenvalue weighted by atomic mass is 127. The zero-order valence-corrected chi connectivity index (χ0v) is 19.2. The molecule has 0 radical (unpaired) electrons. The lowest BCUT2D eigenvalue weighted by Crippen LogP contribution is -2.43. The first-order valence-corrected chi connectivity index (χ1v) is 9.38. The molecule has 0 saturated heterocycles. The van der Waals surface area contributed by atoms with Gasteiger partial charge in [-0.3, -0.25) is 14.6 Å². The van der Waals surface area contributed by atoms with Gasteiger partial charge in [0.1, 0.15) is 0 Å². The lowest BCUT2D eigenvalue weighted by atomic mass is 10.1. The maximum absolute atomic E-state index is 4.36. The zero-order valence-electron chi connectivity index (χ0n) is 16.9. The van der Waals surface area contributed by atoms with Gasteiger partial charge in [0.15, 0.2) is 5.96 Å². The number of aryl methyl sites for hydroxylation is 1. The molecule has 1 unspecified atom stereocenters. The van der Waals surface area contributed by atoms with Gasteiger partial charge in [-0.2, -0.15) is 5.10 Å². The van der Waals surface area contributed by atoms with E-state index in [4.69, 9.17) is 0 Å². The Labute approximate surface area is 180 Å². The summed E-state index contributed by atoms with van der Waals surface area (Å²) in [4.78, 5) is 6.82. The quantitative estimate of drug-likeness (QED) is 0.327. The zero-order chi connectivity index (χ0) is 18.8. The molecule has 0 aliphatic heterocycles. The van der Waals surface area contributed by atoms with Gasteiger partial charge in [0, 0.05) is 33.4 Å². The normalized spacial score (nSPS) is 12.6. The summed E-state index contributed by atoms with van der Waals surface area (Å²) in [6, 6.07) is 11.0. The molecule has 150 valence electrons. The van der Waals surface area contributed by atoms with Crippen molar-refractivity contribution in [3.63, 3.8) is 0 Å². The number of rotatable bonds is 9. The van der Waals surface area contributed by atoms with Gasteiger partial charge >= 0.3 is 0 Å². The highest BCUT2D eigenvalue weighted by Gasteiger charge is 2.18. The highest BCUT2D eigenvalue weighted by molar-refractivity contribution is 14.0. The van der Waals surface area contributed by atoms with Crippen LogP contribution in [0.2, 0.25) is 0 Å². The number of aliphatic imine (C=N–C) groups is 1. The summed E-state index contributed by atoms with van der Waals surface area (Å²) in [6.45, 7) is 8.10. The van der Waals surface area contributed by atoms with Gasteiger partial charge in [0.25, 0.3) is 0 Å². The second-order valence-electron chi connectivity index (χ2n) is 6.30. The van der Waals surface area contributed by atoms with Gasteiger partial charge in [-0.15, -0.1) is 24.0 Å². The smallest absolute Gasteiger partial charge is 0.191 e. The predicted octanol–water partition coefficient (Wildman–Crippen LogP) is 2.83. The number of guanidine groups is 1. The molecular weight excluding hydrogens is 451 g/mol. The number of likely N-dealkylation sites (N-methyl/N-ethyl adjacent to an activating group) is 1. The topological polar surface area (TPSA) is 57.5 Å². The first-order chi connectivity index (χ1) is 12.7. The van der Waals surface area contributed by atoms with E-state index in [1.54, 1.807) is 0 Å². The van der Waals surface area contributed by atoms with E-state index in [-0.39, 0.29) is 24.0 Å². The summed E-state index contributed by atoms with van der Waals surface area (Å²) in [5, 5.41) is 11.1. The lowest BCUT2D eigenvalue weighted by Gasteiger charge is -2.30. The Bertz CT molecular complexity index is 666. The molecule has 2 N–H and O–H groups in total. The fraction of sp³-hybridized carbons (Fsp3) is 0.500. The molecule has 1 aromatic carbocycles. The average Bonchev–Trinajstić information content (AvgIpc) is 3.09. The summed E-state index contributed by atoms with van der Waals surface area (Å²) >= 11 is 0. The minimum atomic E-state index is 0. The van der Waals surface area contributed by atoms with Crippen LogP contribution in [0.5, 0.6) is 0 Å². The standard InChI is InChI=1S/C20H32N6.HI/c1-5-26(6-2)19(18-10-8-7-9-11-18)15-23-20(21-3)22-13-12-17-14-24-25(4)16-17;/h7-11,14,16,19H,5-6,12-13,15H2,1-4H3,(H2,21,22,23);1H. The third-order valence-electron chi connectivity index (χ3n) is 4.59. The van der Waals surface area contributed by atoms with E-state index in [0.29, 0.717) is 6.04 Å². The number of hydrogen-bond donors (Lipinski definition) is 2. The molecule has 0 fully saturated rings. The summed E-state index contributed by atoms with van der Waals surface area (Å²) in [6.07, 6.45) is 4.88. The van der Waals surface area contributed by atoms with Gasteiger partial charge in [-0.25, -0.2) is 0 Å². The summed E-state index contributed by atoms with van der Waals surface area (Å²) in [5.74, 6) is 0.835. The molecular formula is C20H33IN6. The molecule has 1 atom stereocenters. The van der Waals surface area contributed by atoms with Crippen molar-refractivity contribution >= 4 is 29.9 Å². The van der Waals surface area contributed by atoms with Crippen molar-refractivity contribution in [2.24, 2.45) is 12.0 Å². The van der Waals surface area contributed by atoms with Crippen molar-refractivity contribution in [1.29, 1.82) is 0 Å². The van der Waals surface area contributed by atoms with Crippen LogP contribution in [-0.4, -0.2) is 53.9 Å². The third kappa shape index (κ3) is 7.50. The Morgan fingerprint density at radius 3 is 2.44 bits per heavy atom. The molecule has 0 bridgehead atoms. The van der Waals surface area contributed by atoms with Gasteiger partial charge in [-0.1, -0.05) is 44.2 Å². The average molecular weight is 484 g/mol. The first-order valence-electron chi connectivity index (χ1n) is 9.38. The summed E-state index contributed by atoms with van der Waals surface area (Å²) in [7, 11) is 3.75. The van der Waals surface area contributed by atoms with Crippen LogP contribution in [0.4, 0.5) is 0 Å². The molecule has 7 heteroatoms. The van der Waals surface area contributed by atoms with Crippen LogP contribution in [0.3, 0.4) is 0 Å². The Hall–Kier alpha value is -1.61. The number of nitrogens with zero attached hydrogens (tertiary/aromatic N) is 4. The highest BCUT2D eigenvalue weighted by Crippen LogP contribution is 2.19. The molecule has 0 aliphatic carbocycles. The molecule has 1 aromatic heterocycles. The van der Waals surface area contributed by atoms with Crippen molar-refractivity contribution in [2.75, 3.05) is 33.2 Å². The van der Waals surface area contributed by atoms with E-state index in [0.717, 1.165) is 38.6 Å². The molecule has 0 saturated carbocycles. The van der Waals surface area contributed by atoms with E-state index in [2.05, 4.69) is 69.8 Å². The van der Waals surface area contributed by atoms with E-state index in [9.17, 15) is 0 Å². The predicted molar refractivity (Wildman–Crippen MR) is 124 cm³/mol. The molecule has 2 aromatic rings. The van der Waals surface area contributed by atoms with Gasteiger partial charge in [0.2, 0.25) is 0 Å². The number of hydrogen-bond acceptors (Lipinski definition) is 3. The second kappa shape index (κ2) is 12.7. The van der Waals surface area contributed by atoms with Crippen LogP contribution >= 0.6 is 24.0 Å². The van der Waals surface area contributed by atoms with E-state index in [1.165, 1.54) is 11.1 Å². The van der Waals surface area contributed by atoms with Crippen LogP contribution in [-0.2, 0) is 13.5 Å². The molecule has 0 aliphatic rings. The molecule has 27 heavy (non-hydrogen) atoms. The van der Waals surface area contributed by atoms with E-state index >= 15 is 0 Å². The second-order valence-corrected chi connectivity index (χ2v) is 6.30. The van der Waals surface area contributed by atoms with Crippen molar-refractivity contribution < 1.29 is 0 Å². The maximum Gasteiger partial charge on any atom is 0.191 e. The van der Waals surface area contributed by atoms with Crippen molar-refractivity contribution in [2.45, 2.75) is 26.3 Å². The number of nitrogens with one attached hydrogen (secondary N) is 2. The largest absolute Gasteiger partial charge is 0.356 e. The van der Waals surface area contributed by atoms with Crippen molar-refractivity contribution in [1.82, 2.24) is 25.3 Å². The molecule has 1 heterocycles. The Morgan fingerprint density at radius 1 is 1.19 bits per heavy atom. The summed E-state index contributed by atoms with van der Waals surface area (Å²) in [5.41, 5.74) is 2.55. The molecule has 2 rings (SSSR count). The number of halogens is 1. The van der Waals surface area contributed by atoms with E-state index in [1.807, 2.05) is 31.2 Å². The summed E-state index contributed by atoms with van der Waals surface area (Å²) < 4.78 is 1.83. The fourth-order valence-electron chi connectivity index (χ4n) is 3.14. The fourth-order valence-corrected chi connectivity index (χ4v) is 3.14. The molecule has 0 amide bonds. The Kier molecular flexibility index (Phi) is 11.0. The first kappa shape index (κ1) is 23.4. The number of benzene rings is 1. The maximum atomic E-state index is 4.36. The van der Waals surface area contributed by atoms with Crippen LogP contribution in [0.15, 0.2) is 47.7 Å². The minimum Gasteiger partial charge on any atom is -0.356 e. The minimum absolute atomic E-state index is 0. The van der Waals surface area contributed by atoms with E-state index < -0.39 is 0 Å². The Morgan fingerprint density at radius 2 is 1.89 bits per heavy atom. The third-order valence-corrected chi connectivity index (χ3v) is 4.59. The van der Waals surface area contributed by atoms with Gasteiger partial charge < -0.3 is 10.6 Å². The van der Waals surface area contributed by atoms with Crippen molar-refractivity contribution in [3.05, 3.63) is 53.9 Å². The number of aromatic nitrogens is 2. The van der Waals surface area contributed by atoms with Crippen LogP contribution in [0.25, 0.3) is 0 Å². The molecule has 0 spiro atoms. The monoisotopic (exact) mass is 484 g/mol. The lowest BCUT2D eigenvalue weighted by molar-refractivity contribution is 0.219. The van der Waals surface area contributed by atoms with Crippen LogP contribution in [0, 0.1) is 0 Å². The van der Waals surface area contributed by atoms with Crippen LogP contribution < -0.4 is 10.6 Å². The van der Waals surface area contributed by atoms with Gasteiger partial charge in [0.05, 0.1) is 12.2 Å². The van der Waals surface area contributed by atoms with Crippen molar-refractivity contribution in [3.8, 4) is 0 Å².